The van der Waals surface area contributed by atoms with Crippen LogP contribution < -0.4 is 9.64 Å². The number of ether oxygens (including phenoxy) is 1. The third-order valence-corrected chi connectivity index (χ3v) is 7.33. The predicted octanol–water partition coefficient (Wildman–Crippen LogP) is 7.21. The van der Waals surface area contributed by atoms with Crippen LogP contribution in [-0.4, -0.2) is 23.8 Å². The number of allylic oxidation sites excluding steroid dienone is 2. The molecule has 5 rings (SSSR count). The first kappa shape index (κ1) is 23.9. The Bertz CT molecular complexity index is 1410. The fourth-order valence-corrected chi connectivity index (χ4v) is 5.25. The second kappa shape index (κ2) is 9.67. The van der Waals surface area contributed by atoms with Crippen molar-refractivity contribution in [2.45, 2.75) is 32.1 Å². The molecule has 1 atom stereocenters. The molecule has 1 aliphatic heterocycles. The number of nitrogens with one attached hydrogen (secondary N) is 1. The number of aliphatic hydroxyl groups is 1. The van der Waals surface area contributed by atoms with Crippen LogP contribution in [0.4, 0.5) is 5.69 Å². The topological polar surface area (TPSA) is 73.6 Å². The number of benzene rings is 3. The van der Waals surface area contributed by atoms with Crippen LogP contribution in [0.1, 0.15) is 41.9 Å². The predicted molar refractivity (Wildman–Crippen MR) is 144 cm³/mol. The summed E-state index contributed by atoms with van der Waals surface area (Å²) in [7, 11) is 1.60. The van der Waals surface area contributed by atoms with Gasteiger partial charge in [-0.3, -0.25) is 15.1 Å². The SMILES string of the molecule is COc1ccc([C@H]2C(=C(O)c3ccccc3)C(=N)N(c3ccc(C)c(Cl)c3)C3=C2C(=O)CCC3)cc1. The Hall–Kier alpha value is -3.83. The molecule has 3 aromatic rings. The fraction of sp³-hybridized carbons (Fsp3) is 0.200. The lowest BCUT2D eigenvalue weighted by Crippen LogP contribution is -2.42. The molecule has 1 aliphatic carbocycles. The van der Waals surface area contributed by atoms with Crippen LogP contribution in [0.3, 0.4) is 0 Å². The van der Waals surface area contributed by atoms with E-state index < -0.39 is 5.92 Å². The van der Waals surface area contributed by atoms with Crippen LogP contribution in [0.15, 0.2) is 89.6 Å². The van der Waals surface area contributed by atoms with Gasteiger partial charge >= 0.3 is 0 Å². The number of rotatable bonds is 4. The van der Waals surface area contributed by atoms with Gasteiger partial charge in [0.1, 0.15) is 17.3 Å². The summed E-state index contributed by atoms with van der Waals surface area (Å²) in [6.45, 7) is 1.93. The number of ketones is 1. The van der Waals surface area contributed by atoms with E-state index in [0.717, 1.165) is 16.8 Å². The van der Waals surface area contributed by atoms with Gasteiger partial charge in [0, 0.05) is 45.5 Å². The van der Waals surface area contributed by atoms with Crippen molar-refractivity contribution in [2.24, 2.45) is 0 Å². The van der Waals surface area contributed by atoms with Gasteiger partial charge in [0.25, 0.3) is 0 Å². The number of hydrogen-bond donors (Lipinski definition) is 2. The number of hydrogen-bond acceptors (Lipinski definition) is 4. The van der Waals surface area contributed by atoms with E-state index in [1.54, 1.807) is 24.1 Å². The standard InChI is InChI=1S/C30H27ClN2O3/c1-18-11-14-21(17-23(18)31)33-24-9-6-10-25(34)27(24)26(19-12-15-22(36-2)16-13-19)28(30(33)32)29(35)20-7-4-3-5-8-20/h3-5,7-8,11-17,26,32,35H,6,9-10H2,1-2H3/t26-/m1/s1. The smallest absolute Gasteiger partial charge is 0.161 e. The second-order valence-electron chi connectivity index (χ2n) is 9.09. The van der Waals surface area contributed by atoms with Gasteiger partial charge in [-0.05, 0) is 55.2 Å². The Morgan fingerprint density at radius 1 is 1.06 bits per heavy atom. The lowest BCUT2D eigenvalue weighted by molar-refractivity contribution is -0.116. The van der Waals surface area contributed by atoms with Crippen LogP contribution in [-0.2, 0) is 4.79 Å². The molecule has 3 aromatic carbocycles. The average Bonchev–Trinajstić information content (AvgIpc) is 2.90. The van der Waals surface area contributed by atoms with Gasteiger partial charge < -0.3 is 9.84 Å². The second-order valence-corrected chi connectivity index (χ2v) is 9.50. The van der Waals surface area contributed by atoms with Gasteiger partial charge in [-0.15, -0.1) is 0 Å². The largest absolute Gasteiger partial charge is 0.507 e. The number of Topliss-reactive ketones (excluding diaryl/α,β-unsaturated/α-hetero) is 1. The fourth-order valence-electron chi connectivity index (χ4n) is 5.08. The van der Waals surface area contributed by atoms with Crippen LogP contribution in [0.2, 0.25) is 5.02 Å². The molecule has 5 nitrogen and oxygen atoms in total. The third kappa shape index (κ3) is 4.10. The summed E-state index contributed by atoms with van der Waals surface area (Å²) in [6.07, 6.45) is 1.79. The first-order valence-corrected chi connectivity index (χ1v) is 12.3. The van der Waals surface area contributed by atoms with Gasteiger partial charge in [0.2, 0.25) is 0 Å². The monoisotopic (exact) mass is 498 g/mol. The molecule has 0 bridgehead atoms. The zero-order valence-corrected chi connectivity index (χ0v) is 21.0. The lowest BCUT2D eigenvalue weighted by atomic mass is 9.73. The molecular weight excluding hydrogens is 472 g/mol. The van der Waals surface area contributed by atoms with Gasteiger partial charge in [-0.1, -0.05) is 60.1 Å². The van der Waals surface area contributed by atoms with E-state index in [-0.39, 0.29) is 17.4 Å². The van der Waals surface area contributed by atoms with Crippen molar-refractivity contribution in [3.05, 3.63) is 111 Å². The summed E-state index contributed by atoms with van der Waals surface area (Å²) in [5.74, 6) is 0.261. The number of aliphatic hydroxyl groups excluding tert-OH is 1. The molecule has 2 aliphatic rings. The highest BCUT2D eigenvalue weighted by Gasteiger charge is 2.43. The van der Waals surface area contributed by atoms with Crippen molar-refractivity contribution >= 4 is 34.7 Å². The van der Waals surface area contributed by atoms with Crippen molar-refractivity contribution in [1.29, 1.82) is 5.41 Å². The van der Waals surface area contributed by atoms with E-state index in [1.165, 1.54) is 0 Å². The molecule has 0 saturated heterocycles. The quantitative estimate of drug-likeness (QED) is 0.372. The molecule has 6 heteroatoms. The Kier molecular flexibility index (Phi) is 6.42. The molecule has 2 N–H and O–H groups in total. The molecule has 0 radical (unpaired) electrons. The van der Waals surface area contributed by atoms with Crippen molar-refractivity contribution in [3.8, 4) is 5.75 Å². The van der Waals surface area contributed by atoms with Crippen LogP contribution in [0, 0.1) is 12.3 Å². The maximum atomic E-state index is 13.5. The number of nitrogens with zero attached hydrogens (tertiary/aromatic N) is 1. The summed E-state index contributed by atoms with van der Waals surface area (Å²) < 4.78 is 5.34. The van der Waals surface area contributed by atoms with E-state index >= 15 is 0 Å². The van der Waals surface area contributed by atoms with E-state index in [9.17, 15) is 15.3 Å². The van der Waals surface area contributed by atoms with Gasteiger partial charge in [0.15, 0.2) is 5.78 Å². The van der Waals surface area contributed by atoms with Crippen LogP contribution in [0.25, 0.3) is 5.76 Å². The molecule has 1 heterocycles. The molecular formula is C30H27ClN2O3. The molecule has 0 unspecified atom stereocenters. The summed E-state index contributed by atoms with van der Waals surface area (Å²) in [4.78, 5) is 15.3. The number of aryl methyl sites for hydroxylation is 1. The van der Waals surface area contributed by atoms with Gasteiger partial charge in [-0.2, -0.15) is 0 Å². The molecule has 0 amide bonds. The maximum absolute atomic E-state index is 13.5. The van der Waals surface area contributed by atoms with Crippen molar-refractivity contribution in [1.82, 2.24) is 0 Å². The van der Waals surface area contributed by atoms with E-state index in [4.69, 9.17) is 16.3 Å². The summed E-state index contributed by atoms with van der Waals surface area (Å²) >= 11 is 6.48. The maximum Gasteiger partial charge on any atom is 0.161 e. The van der Waals surface area contributed by atoms with Crippen molar-refractivity contribution < 1.29 is 14.6 Å². The first-order valence-electron chi connectivity index (χ1n) is 11.9. The zero-order valence-electron chi connectivity index (χ0n) is 20.2. The minimum Gasteiger partial charge on any atom is -0.507 e. The highest BCUT2D eigenvalue weighted by atomic mass is 35.5. The Balaban J connectivity index is 1.81. The first-order chi connectivity index (χ1) is 17.4. The number of anilines is 1. The summed E-state index contributed by atoms with van der Waals surface area (Å²) in [6, 6.07) is 22.3. The number of carbonyl (C=O) groups is 1. The minimum atomic E-state index is -0.580. The lowest BCUT2D eigenvalue weighted by Gasteiger charge is -2.42. The molecule has 0 spiro atoms. The van der Waals surface area contributed by atoms with Gasteiger partial charge in [-0.25, -0.2) is 0 Å². The minimum absolute atomic E-state index is 0.0189. The van der Waals surface area contributed by atoms with E-state index in [1.807, 2.05) is 67.6 Å². The molecule has 182 valence electrons. The van der Waals surface area contributed by atoms with Crippen molar-refractivity contribution in [2.75, 3.05) is 12.0 Å². The highest BCUT2D eigenvalue weighted by molar-refractivity contribution is 6.32. The molecule has 0 saturated carbocycles. The Morgan fingerprint density at radius 2 is 1.78 bits per heavy atom. The third-order valence-electron chi connectivity index (χ3n) is 6.92. The van der Waals surface area contributed by atoms with Crippen LogP contribution in [0.5, 0.6) is 5.75 Å². The average molecular weight is 499 g/mol. The van der Waals surface area contributed by atoms with Crippen LogP contribution >= 0.6 is 11.6 Å². The van der Waals surface area contributed by atoms with Crippen molar-refractivity contribution in [3.63, 3.8) is 0 Å². The Labute approximate surface area is 215 Å². The van der Waals surface area contributed by atoms with Gasteiger partial charge in [0.05, 0.1) is 7.11 Å². The summed E-state index contributed by atoms with van der Waals surface area (Å²) in [5.41, 5.74) is 4.84. The zero-order chi connectivity index (χ0) is 25.4. The highest BCUT2D eigenvalue weighted by Crippen LogP contribution is 2.48. The number of carbonyl (C=O) groups excluding carboxylic acids is 1. The van der Waals surface area contributed by atoms with E-state index in [2.05, 4.69) is 0 Å². The normalized spacial score (nSPS) is 19.3. The number of amidine groups is 1. The number of methoxy groups -OCH3 is 1. The molecule has 36 heavy (non-hydrogen) atoms. The summed E-state index contributed by atoms with van der Waals surface area (Å²) in [5, 5.41) is 21.6. The molecule has 0 aromatic heterocycles. The Morgan fingerprint density at radius 3 is 2.44 bits per heavy atom. The van der Waals surface area contributed by atoms with E-state index in [0.29, 0.717) is 52.4 Å². The molecule has 0 fully saturated rings. The number of halogens is 1.